The third-order valence-electron chi connectivity index (χ3n) is 4.68. The van der Waals surface area contributed by atoms with Crippen LogP contribution in [0.2, 0.25) is 0 Å². The van der Waals surface area contributed by atoms with E-state index in [-0.39, 0.29) is 18.0 Å². The van der Waals surface area contributed by atoms with Gasteiger partial charge in [-0.3, -0.25) is 9.59 Å². The number of aromatic amines is 1. The number of carbonyl (C=O) groups excluding carboxylic acids is 1. The van der Waals surface area contributed by atoms with E-state index in [1.807, 2.05) is 49.3 Å². The molecule has 1 aromatic heterocycles. The monoisotopic (exact) mass is 355 g/mol. The number of aromatic nitrogens is 1. The van der Waals surface area contributed by atoms with Crippen LogP contribution in [0.25, 0.3) is 11.3 Å². The first kappa shape index (κ1) is 18.4. The van der Waals surface area contributed by atoms with Gasteiger partial charge in [-0.15, -0.1) is 0 Å². The van der Waals surface area contributed by atoms with Gasteiger partial charge in [0.1, 0.15) is 5.56 Å². The number of aliphatic hydroxyl groups is 1. The fourth-order valence-corrected chi connectivity index (χ4v) is 3.60. The Hall–Kier alpha value is -2.44. The highest BCUT2D eigenvalue weighted by Crippen LogP contribution is 2.23. The van der Waals surface area contributed by atoms with Crippen molar-refractivity contribution in [3.05, 3.63) is 58.4 Å². The van der Waals surface area contributed by atoms with E-state index >= 15 is 0 Å². The molecule has 0 saturated carbocycles. The number of carbonyl (C=O) groups is 1. The van der Waals surface area contributed by atoms with Gasteiger partial charge in [0.25, 0.3) is 11.5 Å². The molecule has 1 fully saturated rings. The van der Waals surface area contributed by atoms with Gasteiger partial charge < -0.3 is 19.9 Å². The Kier molecular flexibility index (Phi) is 5.25. The lowest BCUT2D eigenvalue weighted by molar-refractivity contribution is -0.0391. The summed E-state index contributed by atoms with van der Waals surface area (Å²) in [5.74, 6) is -0.331. The summed E-state index contributed by atoms with van der Waals surface area (Å²) in [6, 6.07) is 12.8. The number of nitrogens with zero attached hydrogens (tertiary/aromatic N) is 2. The third-order valence-corrected chi connectivity index (χ3v) is 4.68. The fourth-order valence-electron chi connectivity index (χ4n) is 3.60. The van der Waals surface area contributed by atoms with E-state index in [1.54, 1.807) is 17.0 Å². The largest absolute Gasteiger partial charge is 0.387 e. The fraction of sp³-hybridized carbons (Fsp3) is 0.400. The van der Waals surface area contributed by atoms with E-state index in [1.165, 1.54) is 0 Å². The molecule has 2 aromatic rings. The SMILES string of the molecule is CN(C)CC1(O)CCCN(C(=O)c2ccc(-c3ccccc3)[nH]c2=O)C1. The van der Waals surface area contributed by atoms with Gasteiger partial charge in [0.05, 0.1) is 12.1 Å². The average Bonchev–Trinajstić information content (AvgIpc) is 2.61. The molecule has 1 atom stereocenters. The van der Waals surface area contributed by atoms with Crippen LogP contribution < -0.4 is 5.56 Å². The predicted octanol–water partition coefficient (Wildman–Crippen LogP) is 1.57. The second-order valence-electron chi connectivity index (χ2n) is 7.27. The summed E-state index contributed by atoms with van der Waals surface area (Å²) in [5.41, 5.74) is 0.336. The number of piperidine rings is 1. The molecule has 138 valence electrons. The molecule has 1 amide bonds. The molecular formula is C20H25N3O3. The van der Waals surface area contributed by atoms with Gasteiger partial charge in [0.2, 0.25) is 0 Å². The quantitative estimate of drug-likeness (QED) is 0.873. The number of β-amino-alcohol motifs (C(OH)–C–C–N with tert-alkyl or cyclic N) is 1. The van der Waals surface area contributed by atoms with Crippen molar-refractivity contribution in [2.24, 2.45) is 0 Å². The molecule has 1 aliphatic rings. The number of amides is 1. The number of rotatable bonds is 4. The smallest absolute Gasteiger partial charge is 0.261 e. The zero-order chi connectivity index (χ0) is 18.7. The summed E-state index contributed by atoms with van der Waals surface area (Å²) in [4.78, 5) is 31.6. The lowest BCUT2D eigenvalue weighted by Gasteiger charge is -2.40. The maximum atomic E-state index is 12.8. The van der Waals surface area contributed by atoms with Crippen LogP contribution in [-0.2, 0) is 0 Å². The number of benzene rings is 1. The van der Waals surface area contributed by atoms with Crippen molar-refractivity contribution in [3.8, 4) is 11.3 Å². The Labute approximate surface area is 153 Å². The van der Waals surface area contributed by atoms with Gasteiger partial charge in [0, 0.05) is 18.8 Å². The van der Waals surface area contributed by atoms with Gasteiger partial charge >= 0.3 is 0 Å². The Morgan fingerprint density at radius 1 is 1.23 bits per heavy atom. The Morgan fingerprint density at radius 2 is 1.96 bits per heavy atom. The summed E-state index contributed by atoms with van der Waals surface area (Å²) < 4.78 is 0. The van der Waals surface area contributed by atoms with Gasteiger partial charge in [0.15, 0.2) is 0 Å². The predicted molar refractivity (Wildman–Crippen MR) is 101 cm³/mol. The summed E-state index contributed by atoms with van der Waals surface area (Å²) in [7, 11) is 3.79. The van der Waals surface area contributed by atoms with Crippen molar-refractivity contribution in [2.75, 3.05) is 33.7 Å². The molecule has 6 heteroatoms. The van der Waals surface area contributed by atoms with Crippen LogP contribution in [0, 0.1) is 0 Å². The number of pyridine rings is 1. The topological polar surface area (TPSA) is 76.6 Å². The van der Waals surface area contributed by atoms with Crippen LogP contribution >= 0.6 is 0 Å². The zero-order valence-corrected chi connectivity index (χ0v) is 15.2. The Morgan fingerprint density at radius 3 is 2.62 bits per heavy atom. The average molecular weight is 355 g/mol. The summed E-state index contributed by atoms with van der Waals surface area (Å²) in [6.07, 6.45) is 1.37. The van der Waals surface area contributed by atoms with E-state index in [0.717, 1.165) is 12.0 Å². The molecule has 2 N–H and O–H groups in total. The molecule has 26 heavy (non-hydrogen) atoms. The maximum Gasteiger partial charge on any atom is 0.261 e. The maximum absolute atomic E-state index is 12.8. The standard InChI is InChI=1S/C20H25N3O3/c1-22(2)13-20(26)11-6-12-23(14-20)19(25)16-9-10-17(21-18(16)24)15-7-4-3-5-8-15/h3-5,7-10,26H,6,11-14H2,1-2H3,(H,21,24). The van der Waals surface area contributed by atoms with E-state index in [2.05, 4.69) is 4.98 Å². The highest BCUT2D eigenvalue weighted by Gasteiger charge is 2.36. The highest BCUT2D eigenvalue weighted by molar-refractivity contribution is 5.94. The van der Waals surface area contributed by atoms with Crippen molar-refractivity contribution in [1.29, 1.82) is 0 Å². The van der Waals surface area contributed by atoms with Crippen molar-refractivity contribution in [2.45, 2.75) is 18.4 Å². The molecular weight excluding hydrogens is 330 g/mol. The van der Waals surface area contributed by atoms with Crippen molar-refractivity contribution < 1.29 is 9.90 Å². The third kappa shape index (κ3) is 4.03. The number of likely N-dealkylation sites (tertiary alicyclic amines) is 1. The van der Waals surface area contributed by atoms with E-state index in [9.17, 15) is 14.7 Å². The second kappa shape index (κ2) is 7.43. The molecule has 0 bridgehead atoms. The van der Waals surface area contributed by atoms with Gasteiger partial charge in [-0.2, -0.15) is 0 Å². The molecule has 1 unspecified atom stereocenters. The first-order chi connectivity index (χ1) is 12.4. The number of hydrogen-bond acceptors (Lipinski definition) is 4. The van der Waals surface area contributed by atoms with E-state index in [0.29, 0.717) is 25.2 Å². The number of H-pyrrole nitrogens is 1. The van der Waals surface area contributed by atoms with E-state index in [4.69, 9.17) is 0 Å². The normalized spacial score (nSPS) is 20.4. The molecule has 0 radical (unpaired) electrons. The van der Waals surface area contributed by atoms with Crippen LogP contribution in [0.3, 0.4) is 0 Å². The van der Waals surface area contributed by atoms with Gasteiger partial charge in [-0.1, -0.05) is 30.3 Å². The van der Waals surface area contributed by atoms with Crippen LogP contribution in [0.5, 0.6) is 0 Å². The molecule has 1 aromatic carbocycles. The van der Waals surface area contributed by atoms with Gasteiger partial charge in [-0.05, 0) is 44.6 Å². The lowest BCUT2D eigenvalue weighted by atomic mass is 9.92. The summed E-state index contributed by atoms with van der Waals surface area (Å²) in [6.45, 7) is 1.28. The van der Waals surface area contributed by atoms with Gasteiger partial charge in [-0.25, -0.2) is 0 Å². The zero-order valence-electron chi connectivity index (χ0n) is 15.2. The van der Waals surface area contributed by atoms with Crippen LogP contribution in [0.4, 0.5) is 0 Å². The highest BCUT2D eigenvalue weighted by atomic mass is 16.3. The Bertz CT molecular complexity index is 832. The summed E-state index contributed by atoms with van der Waals surface area (Å²) >= 11 is 0. The number of hydrogen-bond donors (Lipinski definition) is 2. The first-order valence-electron chi connectivity index (χ1n) is 8.83. The van der Waals surface area contributed by atoms with Crippen LogP contribution in [-0.4, -0.2) is 65.1 Å². The molecule has 1 saturated heterocycles. The molecule has 3 rings (SSSR count). The van der Waals surface area contributed by atoms with Crippen LogP contribution in [0.1, 0.15) is 23.2 Å². The Balaban J connectivity index is 1.81. The molecule has 2 heterocycles. The minimum Gasteiger partial charge on any atom is -0.387 e. The first-order valence-corrected chi connectivity index (χ1v) is 8.83. The molecule has 0 spiro atoms. The molecule has 6 nitrogen and oxygen atoms in total. The van der Waals surface area contributed by atoms with Crippen molar-refractivity contribution in [3.63, 3.8) is 0 Å². The number of nitrogens with one attached hydrogen (secondary N) is 1. The number of likely N-dealkylation sites (N-methyl/N-ethyl adjacent to an activating group) is 1. The molecule has 1 aliphatic heterocycles. The van der Waals surface area contributed by atoms with Crippen LogP contribution in [0.15, 0.2) is 47.3 Å². The van der Waals surface area contributed by atoms with Crippen molar-refractivity contribution >= 4 is 5.91 Å². The van der Waals surface area contributed by atoms with E-state index < -0.39 is 11.2 Å². The lowest BCUT2D eigenvalue weighted by Crippen LogP contribution is -2.55. The van der Waals surface area contributed by atoms with Crippen molar-refractivity contribution in [1.82, 2.24) is 14.8 Å². The molecule has 0 aliphatic carbocycles. The minimum absolute atomic E-state index is 0.110. The second-order valence-corrected chi connectivity index (χ2v) is 7.27. The summed E-state index contributed by atoms with van der Waals surface area (Å²) in [5, 5.41) is 10.7. The minimum atomic E-state index is -0.936.